The number of aromatic nitrogens is 1. The van der Waals surface area contributed by atoms with E-state index in [0.717, 1.165) is 30.9 Å². The Hall–Kier alpha value is -2.32. The molecule has 2 unspecified atom stereocenters. The van der Waals surface area contributed by atoms with Gasteiger partial charge in [0, 0.05) is 31.4 Å². The van der Waals surface area contributed by atoms with E-state index in [4.69, 9.17) is 14.2 Å². The third-order valence-corrected chi connectivity index (χ3v) is 5.54. The molecule has 0 bridgehead atoms. The molecule has 8 heteroatoms. The summed E-state index contributed by atoms with van der Waals surface area (Å²) in [5.41, 5.74) is 1.42. The number of ether oxygens (including phenoxy) is 3. The summed E-state index contributed by atoms with van der Waals surface area (Å²) >= 11 is 3.48. The second kappa shape index (κ2) is 10.8. The maximum absolute atomic E-state index is 12.7. The molecule has 1 saturated heterocycles. The molecule has 0 spiro atoms. The first-order chi connectivity index (χ1) is 14.9. The van der Waals surface area contributed by atoms with Gasteiger partial charge in [-0.15, -0.1) is 0 Å². The average molecular weight is 492 g/mol. The van der Waals surface area contributed by atoms with E-state index in [0.29, 0.717) is 34.7 Å². The molecular weight excluding hydrogens is 462 g/mol. The lowest BCUT2D eigenvalue weighted by Gasteiger charge is -2.36. The van der Waals surface area contributed by atoms with Crippen LogP contribution < -0.4 is 19.7 Å². The second-order valence-corrected chi connectivity index (χ2v) is 8.56. The van der Waals surface area contributed by atoms with Crippen molar-refractivity contribution in [1.29, 1.82) is 0 Å². The second-order valence-electron chi connectivity index (χ2n) is 7.71. The van der Waals surface area contributed by atoms with Gasteiger partial charge in [0.05, 0.1) is 30.4 Å². The van der Waals surface area contributed by atoms with Crippen LogP contribution in [0.25, 0.3) is 0 Å². The highest BCUT2D eigenvalue weighted by atomic mass is 79.9. The molecule has 1 aliphatic rings. The summed E-state index contributed by atoms with van der Waals surface area (Å²) in [4.78, 5) is 19.5. The Morgan fingerprint density at radius 1 is 1.29 bits per heavy atom. The van der Waals surface area contributed by atoms with Crippen LogP contribution >= 0.6 is 15.9 Å². The van der Waals surface area contributed by atoms with E-state index < -0.39 is 0 Å². The summed E-state index contributed by atoms with van der Waals surface area (Å²) in [6.07, 6.45) is 3.05. The number of rotatable bonds is 8. The molecule has 3 rings (SSSR count). The van der Waals surface area contributed by atoms with Crippen LogP contribution in [-0.4, -0.2) is 49.9 Å². The Labute approximate surface area is 192 Å². The highest BCUT2D eigenvalue weighted by Crippen LogP contribution is 2.36. The van der Waals surface area contributed by atoms with Crippen molar-refractivity contribution in [2.75, 3.05) is 31.7 Å². The van der Waals surface area contributed by atoms with E-state index in [-0.39, 0.29) is 18.1 Å². The molecule has 0 saturated carbocycles. The van der Waals surface area contributed by atoms with Crippen LogP contribution in [0.4, 0.5) is 5.82 Å². The highest BCUT2D eigenvalue weighted by molar-refractivity contribution is 9.10. The van der Waals surface area contributed by atoms with Crippen molar-refractivity contribution in [2.45, 2.75) is 45.9 Å². The van der Waals surface area contributed by atoms with Crippen LogP contribution in [0.1, 0.15) is 43.1 Å². The number of pyridine rings is 1. The monoisotopic (exact) mass is 491 g/mol. The van der Waals surface area contributed by atoms with Crippen LogP contribution in [0.2, 0.25) is 0 Å². The standard InChI is InChI=1S/C23H30BrN3O4/c1-5-8-30-22-19(24)9-18(10-20(22)29-4)23(28)26-12-17-6-7-21(25-11-17)27-13-15(2)31-16(3)14-27/h6-7,9-11,15-16H,5,8,12-14H2,1-4H3,(H,26,28). The number of hydrogen-bond acceptors (Lipinski definition) is 6. The summed E-state index contributed by atoms with van der Waals surface area (Å²) < 4.78 is 17.6. The lowest BCUT2D eigenvalue weighted by atomic mass is 10.1. The van der Waals surface area contributed by atoms with E-state index in [9.17, 15) is 4.79 Å². The fourth-order valence-corrected chi connectivity index (χ4v) is 4.11. The first-order valence-electron chi connectivity index (χ1n) is 10.5. The number of benzene rings is 1. The summed E-state index contributed by atoms with van der Waals surface area (Å²) in [6.45, 7) is 8.78. The lowest BCUT2D eigenvalue weighted by Crippen LogP contribution is -2.45. The van der Waals surface area contributed by atoms with E-state index in [2.05, 4.69) is 45.0 Å². The molecule has 1 aromatic heterocycles. The Morgan fingerprint density at radius 2 is 2.03 bits per heavy atom. The summed E-state index contributed by atoms with van der Waals surface area (Å²) in [7, 11) is 1.56. The van der Waals surface area contributed by atoms with Crippen molar-refractivity contribution in [3.63, 3.8) is 0 Å². The van der Waals surface area contributed by atoms with Crippen LogP contribution in [0.3, 0.4) is 0 Å². The number of anilines is 1. The molecule has 1 aromatic carbocycles. The lowest BCUT2D eigenvalue weighted by molar-refractivity contribution is -0.00546. The number of hydrogen-bond donors (Lipinski definition) is 1. The van der Waals surface area contributed by atoms with Crippen molar-refractivity contribution in [1.82, 2.24) is 10.3 Å². The van der Waals surface area contributed by atoms with Gasteiger partial charge in [-0.3, -0.25) is 4.79 Å². The van der Waals surface area contributed by atoms with Gasteiger partial charge in [-0.05, 0) is 60.0 Å². The fraction of sp³-hybridized carbons (Fsp3) is 0.478. The maximum atomic E-state index is 12.7. The number of morpholine rings is 1. The molecule has 1 N–H and O–H groups in total. The van der Waals surface area contributed by atoms with Crippen LogP contribution in [0.5, 0.6) is 11.5 Å². The molecule has 0 aliphatic carbocycles. The highest BCUT2D eigenvalue weighted by Gasteiger charge is 2.23. The summed E-state index contributed by atoms with van der Waals surface area (Å²) in [5.74, 6) is 1.86. The molecule has 1 fully saturated rings. The first-order valence-corrected chi connectivity index (χ1v) is 11.3. The number of carbonyl (C=O) groups is 1. The van der Waals surface area contributed by atoms with Gasteiger partial charge < -0.3 is 24.4 Å². The van der Waals surface area contributed by atoms with Crippen molar-refractivity contribution >= 4 is 27.7 Å². The Bertz CT molecular complexity index is 881. The Balaban J connectivity index is 1.62. The van der Waals surface area contributed by atoms with Gasteiger partial charge in [0.1, 0.15) is 5.82 Å². The number of methoxy groups -OCH3 is 1. The molecular formula is C23H30BrN3O4. The normalized spacial score (nSPS) is 18.5. The number of nitrogens with zero attached hydrogens (tertiary/aromatic N) is 2. The molecule has 168 valence electrons. The van der Waals surface area contributed by atoms with Gasteiger partial charge in [0.25, 0.3) is 5.91 Å². The van der Waals surface area contributed by atoms with E-state index in [1.165, 1.54) is 0 Å². The van der Waals surface area contributed by atoms with Crippen molar-refractivity contribution in [3.05, 3.63) is 46.1 Å². The fourth-order valence-electron chi connectivity index (χ4n) is 3.55. The Morgan fingerprint density at radius 3 is 2.65 bits per heavy atom. The minimum absolute atomic E-state index is 0.180. The molecule has 2 aromatic rings. The van der Waals surface area contributed by atoms with Gasteiger partial charge in [-0.1, -0.05) is 13.0 Å². The quantitative estimate of drug-likeness (QED) is 0.596. The van der Waals surface area contributed by atoms with Crippen molar-refractivity contribution in [2.24, 2.45) is 0 Å². The van der Waals surface area contributed by atoms with Gasteiger partial charge in [0.2, 0.25) is 0 Å². The number of nitrogens with one attached hydrogen (secondary N) is 1. The predicted octanol–water partition coefficient (Wildman–Crippen LogP) is 4.19. The van der Waals surface area contributed by atoms with Crippen LogP contribution in [-0.2, 0) is 11.3 Å². The topological polar surface area (TPSA) is 72.9 Å². The largest absolute Gasteiger partial charge is 0.493 e. The smallest absolute Gasteiger partial charge is 0.251 e. The third kappa shape index (κ3) is 6.11. The zero-order valence-corrected chi connectivity index (χ0v) is 20.1. The zero-order valence-electron chi connectivity index (χ0n) is 18.5. The first kappa shape index (κ1) is 23.3. The molecule has 7 nitrogen and oxygen atoms in total. The van der Waals surface area contributed by atoms with Crippen LogP contribution in [0, 0.1) is 0 Å². The molecule has 2 atom stereocenters. The SMILES string of the molecule is CCCOc1c(Br)cc(C(=O)NCc2ccc(N3CC(C)OC(C)C3)nc2)cc1OC. The summed E-state index contributed by atoms with van der Waals surface area (Å²) in [5, 5.41) is 2.94. The number of amides is 1. The molecule has 2 heterocycles. The van der Waals surface area contributed by atoms with Crippen molar-refractivity contribution < 1.29 is 19.0 Å². The average Bonchev–Trinajstić information content (AvgIpc) is 2.75. The van der Waals surface area contributed by atoms with E-state index in [1.807, 2.05) is 19.1 Å². The van der Waals surface area contributed by atoms with Gasteiger partial charge in [0.15, 0.2) is 11.5 Å². The minimum Gasteiger partial charge on any atom is -0.493 e. The molecule has 1 aliphatic heterocycles. The summed E-state index contributed by atoms with van der Waals surface area (Å²) in [6, 6.07) is 7.41. The van der Waals surface area contributed by atoms with Gasteiger partial charge >= 0.3 is 0 Å². The maximum Gasteiger partial charge on any atom is 0.251 e. The third-order valence-electron chi connectivity index (χ3n) is 4.95. The molecule has 0 radical (unpaired) electrons. The van der Waals surface area contributed by atoms with E-state index >= 15 is 0 Å². The molecule has 31 heavy (non-hydrogen) atoms. The zero-order chi connectivity index (χ0) is 22.4. The number of carbonyl (C=O) groups excluding carboxylic acids is 1. The predicted molar refractivity (Wildman–Crippen MR) is 124 cm³/mol. The van der Waals surface area contributed by atoms with Gasteiger partial charge in [-0.2, -0.15) is 0 Å². The van der Waals surface area contributed by atoms with Gasteiger partial charge in [-0.25, -0.2) is 4.98 Å². The minimum atomic E-state index is -0.194. The number of halogens is 1. The van der Waals surface area contributed by atoms with Crippen LogP contribution in [0.15, 0.2) is 34.9 Å². The van der Waals surface area contributed by atoms with Crippen molar-refractivity contribution in [3.8, 4) is 11.5 Å². The molecule has 1 amide bonds. The van der Waals surface area contributed by atoms with E-state index in [1.54, 1.807) is 25.4 Å². The Kier molecular flexibility index (Phi) is 8.15.